The average molecular weight is 201 g/mol. The SMILES string of the molecule is CN1CCC(O)(C(C)(C)C(=O)O)CC1. The molecule has 0 aliphatic carbocycles. The molecule has 4 heteroatoms. The van der Waals surface area contributed by atoms with Crippen molar-refractivity contribution in [1.82, 2.24) is 4.90 Å². The fourth-order valence-electron chi connectivity index (χ4n) is 1.81. The summed E-state index contributed by atoms with van der Waals surface area (Å²) >= 11 is 0. The molecule has 1 fully saturated rings. The zero-order valence-corrected chi connectivity index (χ0v) is 9.08. The second-order valence-electron chi connectivity index (χ2n) is 4.77. The molecule has 0 radical (unpaired) electrons. The van der Waals surface area contributed by atoms with Gasteiger partial charge in [0.1, 0.15) is 0 Å². The van der Waals surface area contributed by atoms with E-state index in [0.29, 0.717) is 12.8 Å². The number of rotatable bonds is 2. The standard InChI is InChI=1S/C10H19NO3/c1-9(2,8(12)13)10(14)4-6-11(3)7-5-10/h14H,4-7H2,1-3H3,(H,12,13). The van der Waals surface area contributed by atoms with Crippen LogP contribution in [-0.4, -0.2) is 46.8 Å². The van der Waals surface area contributed by atoms with Crippen LogP contribution in [0.2, 0.25) is 0 Å². The number of hydrogen-bond acceptors (Lipinski definition) is 3. The molecule has 0 bridgehead atoms. The fraction of sp³-hybridized carbons (Fsp3) is 0.900. The molecule has 1 heterocycles. The first-order valence-electron chi connectivity index (χ1n) is 4.94. The Morgan fingerprint density at radius 3 is 2.14 bits per heavy atom. The van der Waals surface area contributed by atoms with Crippen molar-refractivity contribution in [2.24, 2.45) is 5.41 Å². The molecule has 2 N–H and O–H groups in total. The number of nitrogens with zero attached hydrogens (tertiary/aromatic N) is 1. The summed E-state index contributed by atoms with van der Waals surface area (Å²) in [6.45, 7) is 4.71. The first-order valence-corrected chi connectivity index (χ1v) is 4.94. The van der Waals surface area contributed by atoms with E-state index in [9.17, 15) is 9.90 Å². The van der Waals surface area contributed by atoms with Gasteiger partial charge in [0.05, 0.1) is 11.0 Å². The molecule has 0 spiro atoms. The molecule has 0 aromatic heterocycles. The molecular formula is C10H19NO3. The molecule has 0 aromatic carbocycles. The number of aliphatic hydroxyl groups is 1. The minimum atomic E-state index is -1.06. The van der Waals surface area contributed by atoms with E-state index >= 15 is 0 Å². The van der Waals surface area contributed by atoms with Crippen LogP contribution in [0.15, 0.2) is 0 Å². The number of carboxylic acid groups (broad SMARTS) is 1. The third-order valence-corrected chi connectivity index (χ3v) is 3.51. The van der Waals surface area contributed by atoms with Gasteiger partial charge < -0.3 is 15.1 Å². The first kappa shape index (κ1) is 11.5. The number of piperidine rings is 1. The largest absolute Gasteiger partial charge is 0.481 e. The molecule has 1 rings (SSSR count). The number of hydrogen-bond donors (Lipinski definition) is 2. The van der Waals surface area contributed by atoms with E-state index < -0.39 is 17.0 Å². The van der Waals surface area contributed by atoms with Gasteiger partial charge in [-0.15, -0.1) is 0 Å². The Morgan fingerprint density at radius 1 is 1.36 bits per heavy atom. The Balaban J connectivity index is 2.80. The maximum Gasteiger partial charge on any atom is 0.312 e. The number of carboxylic acids is 1. The van der Waals surface area contributed by atoms with Crippen LogP contribution >= 0.6 is 0 Å². The van der Waals surface area contributed by atoms with Crippen LogP contribution in [0, 0.1) is 5.41 Å². The molecular weight excluding hydrogens is 182 g/mol. The molecule has 14 heavy (non-hydrogen) atoms. The normalized spacial score (nSPS) is 23.4. The quantitative estimate of drug-likeness (QED) is 0.685. The summed E-state index contributed by atoms with van der Waals surface area (Å²) in [6, 6.07) is 0. The zero-order valence-electron chi connectivity index (χ0n) is 9.08. The topological polar surface area (TPSA) is 60.8 Å². The molecule has 1 aliphatic heterocycles. The average Bonchev–Trinajstić information content (AvgIpc) is 2.10. The summed E-state index contributed by atoms with van der Waals surface area (Å²) in [4.78, 5) is 13.1. The number of aliphatic carboxylic acids is 1. The Kier molecular flexibility index (Phi) is 2.88. The van der Waals surface area contributed by atoms with Gasteiger partial charge in [-0.1, -0.05) is 0 Å². The van der Waals surface area contributed by atoms with Crippen molar-refractivity contribution in [2.45, 2.75) is 32.3 Å². The van der Waals surface area contributed by atoms with Gasteiger partial charge in [0.25, 0.3) is 0 Å². The first-order chi connectivity index (χ1) is 6.29. The maximum atomic E-state index is 11.0. The van der Waals surface area contributed by atoms with E-state index in [2.05, 4.69) is 4.90 Å². The molecule has 4 nitrogen and oxygen atoms in total. The van der Waals surface area contributed by atoms with Gasteiger partial charge in [0.15, 0.2) is 0 Å². The van der Waals surface area contributed by atoms with Crippen molar-refractivity contribution < 1.29 is 15.0 Å². The van der Waals surface area contributed by atoms with Gasteiger partial charge >= 0.3 is 5.97 Å². The van der Waals surface area contributed by atoms with Crippen LogP contribution < -0.4 is 0 Å². The van der Waals surface area contributed by atoms with E-state index in [4.69, 9.17) is 5.11 Å². The molecule has 0 saturated carbocycles. The molecule has 0 atom stereocenters. The van der Waals surface area contributed by atoms with Gasteiger partial charge in [0, 0.05) is 13.1 Å². The Morgan fingerprint density at radius 2 is 1.79 bits per heavy atom. The molecule has 0 unspecified atom stereocenters. The molecule has 1 saturated heterocycles. The van der Waals surface area contributed by atoms with Gasteiger partial charge in [-0.25, -0.2) is 0 Å². The second kappa shape index (κ2) is 3.51. The predicted molar refractivity (Wildman–Crippen MR) is 53.1 cm³/mol. The van der Waals surface area contributed by atoms with Crippen LogP contribution in [0.25, 0.3) is 0 Å². The lowest BCUT2D eigenvalue weighted by atomic mass is 9.69. The van der Waals surface area contributed by atoms with Crippen LogP contribution in [0.1, 0.15) is 26.7 Å². The Labute approximate surface area is 84.5 Å². The van der Waals surface area contributed by atoms with Gasteiger partial charge in [-0.05, 0) is 33.7 Å². The highest BCUT2D eigenvalue weighted by atomic mass is 16.4. The Bertz CT molecular complexity index is 230. The van der Waals surface area contributed by atoms with Crippen molar-refractivity contribution in [3.05, 3.63) is 0 Å². The summed E-state index contributed by atoms with van der Waals surface area (Å²) in [5.41, 5.74) is -2.13. The summed E-state index contributed by atoms with van der Waals surface area (Å²) in [7, 11) is 1.98. The molecule has 0 amide bonds. The highest BCUT2D eigenvalue weighted by Crippen LogP contribution is 2.39. The van der Waals surface area contributed by atoms with Crippen LogP contribution in [0.3, 0.4) is 0 Å². The van der Waals surface area contributed by atoms with Crippen molar-refractivity contribution in [1.29, 1.82) is 0 Å². The van der Waals surface area contributed by atoms with Crippen LogP contribution in [-0.2, 0) is 4.79 Å². The number of likely N-dealkylation sites (tertiary alicyclic amines) is 1. The molecule has 82 valence electrons. The van der Waals surface area contributed by atoms with Gasteiger partial charge in [-0.2, -0.15) is 0 Å². The maximum absolute atomic E-state index is 11.0. The van der Waals surface area contributed by atoms with E-state index in [0.717, 1.165) is 13.1 Å². The highest BCUT2D eigenvalue weighted by Gasteiger charge is 2.49. The minimum absolute atomic E-state index is 0.531. The monoisotopic (exact) mass is 201 g/mol. The summed E-state index contributed by atoms with van der Waals surface area (Å²) in [5.74, 6) is -0.926. The third-order valence-electron chi connectivity index (χ3n) is 3.51. The van der Waals surface area contributed by atoms with E-state index in [-0.39, 0.29) is 0 Å². The lowest BCUT2D eigenvalue weighted by Crippen LogP contribution is -2.55. The van der Waals surface area contributed by atoms with Crippen LogP contribution in [0.4, 0.5) is 0 Å². The summed E-state index contributed by atoms with van der Waals surface area (Å²) in [5, 5.41) is 19.3. The smallest absolute Gasteiger partial charge is 0.312 e. The van der Waals surface area contributed by atoms with Gasteiger partial charge in [-0.3, -0.25) is 4.79 Å². The van der Waals surface area contributed by atoms with Crippen molar-refractivity contribution in [3.8, 4) is 0 Å². The molecule has 0 aromatic rings. The second-order valence-corrected chi connectivity index (χ2v) is 4.77. The molecule has 1 aliphatic rings. The summed E-state index contributed by atoms with van der Waals surface area (Å²) < 4.78 is 0. The third kappa shape index (κ3) is 1.77. The lowest BCUT2D eigenvalue weighted by Gasteiger charge is -2.44. The fourth-order valence-corrected chi connectivity index (χ4v) is 1.81. The predicted octanol–water partition coefficient (Wildman–Crippen LogP) is 0.554. The van der Waals surface area contributed by atoms with Gasteiger partial charge in [0.2, 0.25) is 0 Å². The van der Waals surface area contributed by atoms with Crippen molar-refractivity contribution >= 4 is 5.97 Å². The van der Waals surface area contributed by atoms with Crippen molar-refractivity contribution in [3.63, 3.8) is 0 Å². The van der Waals surface area contributed by atoms with Crippen molar-refractivity contribution in [2.75, 3.05) is 20.1 Å². The van der Waals surface area contributed by atoms with E-state index in [1.54, 1.807) is 13.8 Å². The lowest BCUT2D eigenvalue weighted by molar-refractivity contribution is -0.170. The number of carbonyl (C=O) groups is 1. The zero-order chi connectivity index (χ0) is 11.0. The van der Waals surface area contributed by atoms with Crippen LogP contribution in [0.5, 0.6) is 0 Å². The van der Waals surface area contributed by atoms with E-state index in [1.165, 1.54) is 0 Å². The minimum Gasteiger partial charge on any atom is -0.481 e. The highest BCUT2D eigenvalue weighted by molar-refractivity contribution is 5.75. The Hall–Kier alpha value is -0.610. The van der Waals surface area contributed by atoms with E-state index in [1.807, 2.05) is 7.05 Å². The summed E-state index contributed by atoms with van der Waals surface area (Å²) in [6.07, 6.45) is 1.06.